The maximum atomic E-state index is 4.50. The minimum atomic E-state index is 1.32. The van der Waals surface area contributed by atoms with Gasteiger partial charge in [0.2, 0.25) is 0 Å². The fraction of sp³-hybridized carbons (Fsp3) is 0.250. The van der Waals surface area contributed by atoms with E-state index in [1.807, 2.05) is 18.2 Å². The van der Waals surface area contributed by atoms with Crippen molar-refractivity contribution in [3.63, 3.8) is 0 Å². The van der Waals surface area contributed by atoms with Crippen molar-refractivity contribution in [3.05, 3.63) is 35.9 Å². The van der Waals surface area contributed by atoms with Gasteiger partial charge in [-0.15, -0.1) is 0 Å². The highest BCUT2D eigenvalue weighted by molar-refractivity contribution is 6.05. The van der Waals surface area contributed by atoms with Gasteiger partial charge in [-0.2, -0.15) is 0 Å². The molecule has 46 valence electrons. The molecule has 2 radical (unpaired) electrons. The van der Waals surface area contributed by atoms with Crippen molar-refractivity contribution < 1.29 is 0 Å². The first kappa shape index (κ1) is 8.28. The molecule has 0 unspecified atom stereocenters. The van der Waals surface area contributed by atoms with E-state index in [2.05, 4.69) is 26.9 Å². The molecule has 1 heteroatoms. The summed E-state index contributed by atoms with van der Waals surface area (Å²) >= 11 is 0. The van der Waals surface area contributed by atoms with Crippen molar-refractivity contribution in [2.24, 2.45) is 0 Å². The van der Waals surface area contributed by atoms with Crippen molar-refractivity contribution in [2.45, 2.75) is 13.7 Å². The zero-order valence-electron chi connectivity index (χ0n) is 5.96. The number of aryl methyl sites for hydroxylation is 1. The van der Waals surface area contributed by atoms with E-state index < -0.39 is 0 Å². The number of rotatable bonds is 0. The third-order valence-corrected chi connectivity index (χ3v) is 0.940. The molecule has 0 N–H and O–H groups in total. The Morgan fingerprint density at radius 1 is 1.00 bits per heavy atom. The lowest BCUT2D eigenvalue weighted by molar-refractivity contribution is 1.48. The van der Waals surface area contributed by atoms with Gasteiger partial charge in [0.15, 0.2) is 0 Å². The molecule has 1 rings (SSSR count). The highest BCUT2D eigenvalue weighted by Gasteiger charge is 1.72. The molecule has 0 heterocycles. The molecule has 0 spiro atoms. The van der Waals surface area contributed by atoms with Gasteiger partial charge in [-0.25, -0.2) is 0 Å². The van der Waals surface area contributed by atoms with Gasteiger partial charge in [0, 0.05) is 0 Å². The smallest absolute Gasteiger partial charge is 0.0606 e. The maximum absolute atomic E-state index is 4.50. The molecule has 0 fully saturated rings. The fourth-order valence-electron chi connectivity index (χ4n) is 0.534. The van der Waals surface area contributed by atoms with Crippen molar-refractivity contribution in [1.29, 1.82) is 0 Å². The first-order chi connectivity index (χ1) is 4.39. The van der Waals surface area contributed by atoms with Crippen LogP contribution in [-0.2, 0) is 0 Å². The fourth-order valence-corrected chi connectivity index (χ4v) is 0.534. The Morgan fingerprint density at radius 2 is 1.44 bits per heavy atom. The van der Waals surface area contributed by atoms with Gasteiger partial charge in [0.25, 0.3) is 0 Å². The van der Waals surface area contributed by atoms with Crippen molar-refractivity contribution in [3.8, 4) is 0 Å². The Bertz CT molecular complexity index is 134. The normalized spacial score (nSPS) is 7.33. The van der Waals surface area contributed by atoms with Gasteiger partial charge in [-0.3, -0.25) is 0 Å². The average molecular weight is 118 g/mol. The van der Waals surface area contributed by atoms with E-state index in [0.717, 1.165) is 0 Å². The van der Waals surface area contributed by atoms with Crippen molar-refractivity contribution >= 4 is 7.85 Å². The first-order valence-electron chi connectivity index (χ1n) is 2.99. The summed E-state index contributed by atoms with van der Waals surface area (Å²) in [5.74, 6) is 0. The lowest BCUT2D eigenvalue weighted by atomic mass is 10.2. The van der Waals surface area contributed by atoms with Crippen LogP contribution in [0, 0.1) is 6.92 Å². The van der Waals surface area contributed by atoms with Crippen molar-refractivity contribution in [1.82, 2.24) is 0 Å². The Morgan fingerprint density at radius 3 is 1.67 bits per heavy atom. The first-order valence-corrected chi connectivity index (χ1v) is 2.99. The molecule has 1 aromatic carbocycles. The molecule has 0 saturated carbocycles. The Balaban J connectivity index is 0.000000291. The monoisotopic (exact) mass is 118 g/mol. The lowest BCUT2D eigenvalue weighted by Crippen LogP contribution is -1.62. The molecule has 1 aromatic rings. The van der Waals surface area contributed by atoms with Crippen LogP contribution in [0.1, 0.15) is 5.56 Å². The molecular weight excluding hydrogens is 107 g/mol. The molecule has 0 aliphatic carbocycles. The zero-order valence-corrected chi connectivity index (χ0v) is 5.96. The van der Waals surface area contributed by atoms with Gasteiger partial charge >= 0.3 is 0 Å². The SMILES string of the molecule is Cc1ccccc1.[B]C. The zero-order chi connectivity index (χ0) is 7.11. The molecule has 0 aliphatic rings. The van der Waals surface area contributed by atoms with Crippen LogP contribution in [0.2, 0.25) is 6.82 Å². The summed E-state index contributed by atoms with van der Waals surface area (Å²) in [6, 6.07) is 10.3. The van der Waals surface area contributed by atoms with E-state index in [9.17, 15) is 0 Å². The second-order valence-corrected chi connectivity index (χ2v) is 1.65. The van der Waals surface area contributed by atoms with Crippen LogP contribution in [0.4, 0.5) is 0 Å². The van der Waals surface area contributed by atoms with Crippen LogP contribution < -0.4 is 0 Å². The number of hydrogen-bond acceptors (Lipinski definition) is 0. The van der Waals surface area contributed by atoms with Gasteiger partial charge in [-0.05, 0) is 6.92 Å². The maximum Gasteiger partial charge on any atom is 0.0606 e. The highest BCUT2D eigenvalue weighted by Crippen LogP contribution is 1.92. The molecule has 0 aromatic heterocycles. The average Bonchev–Trinajstić information content (AvgIpc) is 1.94. The van der Waals surface area contributed by atoms with Crippen LogP contribution in [0.15, 0.2) is 30.3 Å². The quantitative estimate of drug-likeness (QED) is 0.458. The summed E-state index contributed by atoms with van der Waals surface area (Å²) in [7, 11) is 4.50. The molecule has 0 atom stereocenters. The Labute approximate surface area is 58.3 Å². The molecule has 9 heavy (non-hydrogen) atoms. The minimum Gasteiger partial charge on any atom is -0.0999 e. The predicted molar refractivity (Wildman–Crippen MR) is 42.8 cm³/mol. The number of benzene rings is 1. The molecule has 0 bridgehead atoms. The molecule has 0 amide bonds. The van der Waals surface area contributed by atoms with Crippen LogP contribution in [0.25, 0.3) is 0 Å². The second-order valence-electron chi connectivity index (χ2n) is 1.65. The van der Waals surface area contributed by atoms with Gasteiger partial charge in [-0.1, -0.05) is 42.7 Å². The van der Waals surface area contributed by atoms with E-state index in [1.165, 1.54) is 12.4 Å². The predicted octanol–water partition coefficient (Wildman–Crippen LogP) is 2.20. The number of hydrogen-bond donors (Lipinski definition) is 0. The topological polar surface area (TPSA) is 0 Å². The van der Waals surface area contributed by atoms with Crippen LogP contribution in [0.3, 0.4) is 0 Å². The van der Waals surface area contributed by atoms with E-state index >= 15 is 0 Å². The van der Waals surface area contributed by atoms with Crippen LogP contribution in [0.5, 0.6) is 0 Å². The summed E-state index contributed by atoms with van der Waals surface area (Å²) in [4.78, 5) is 0. The van der Waals surface area contributed by atoms with Crippen LogP contribution >= 0.6 is 0 Å². The summed E-state index contributed by atoms with van der Waals surface area (Å²) in [6.07, 6.45) is 0. The largest absolute Gasteiger partial charge is 0.0999 e. The lowest BCUT2D eigenvalue weighted by Gasteiger charge is -1.82. The molecular formula is C8H11B. The van der Waals surface area contributed by atoms with Crippen LogP contribution in [-0.4, -0.2) is 7.85 Å². The minimum absolute atomic E-state index is 1.32. The van der Waals surface area contributed by atoms with E-state index in [0.29, 0.717) is 0 Å². The molecule has 0 nitrogen and oxygen atoms in total. The van der Waals surface area contributed by atoms with Gasteiger partial charge < -0.3 is 0 Å². The summed E-state index contributed by atoms with van der Waals surface area (Å²) in [5, 5.41) is 0. The summed E-state index contributed by atoms with van der Waals surface area (Å²) in [6.45, 7) is 3.58. The Kier molecular flexibility index (Phi) is 4.99. The Hall–Kier alpha value is -0.715. The third kappa shape index (κ3) is 3.83. The standard InChI is InChI=1S/C7H8.CH3B/c1-7-5-3-2-4-6-7;1-2/h2-6H,1H3;1H3. The van der Waals surface area contributed by atoms with E-state index in [-0.39, 0.29) is 0 Å². The van der Waals surface area contributed by atoms with Gasteiger partial charge in [0.05, 0.1) is 7.85 Å². The van der Waals surface area contributed by atoms with Crippen molar-refractivity contribution in [2.75, 3.05) is 0 Å². The molecule has 0 saturated heterocycles. The van der Waals surface area contributed by atoms with Gasteiger partial charge in [0.1, 0.15) is 0 Å². The summed E-state index contributed by atoms with van der Waals surface area (Å²) < 4.78 is 0. The van der Waals surface area contributed by atoms with E-state index in [4.69, 9.17) is 0 Å². The highest BCUT2D eigenvalue weighted by atomic mass is 13.8. The summed E-state index contributed by atoms with van der Waals surface area (Å²) in [5.41, 5.74) is 1.32. The molecule has 0 aliphatic heterocycles. The third-order valence-electron chi connectivity index (χ3n) is 0.940. The second kappa shape index (κ2) is 5.42. The van der Waals surface area contributed by atoms with E-state index in [1.54, 1.807) is 0 Å².